The molecule has 7 heteroatoms. The van der Waals surface area contributed by atoms with Crippen LogP contribution in [0.3, 0.4) is 0 Å². The van der Waals surface area contributed by atoms with Gasteiger partial charge in [0.15, 0.2) is 0 Å². The van der Waals surface area contributed by atoms with Gasteiger partial charge in [-0.2, -0.15) is 4.31 Å². The molecule has 0 aromatic heterocycles. The van der Waals surface area contributed by atoms with Crippen molar-refractivity contribution in [2.24, 2.45) is 5.73 Å². The van der Waals surface area contributed by atoms with Crippen molar-refractivity contribution < 1.29 is 13.2 Å². The predicted octanol–water partition coefficient (Wildman–Crippen LogP) is 0.643. The van der Waals surface area contributed by atoms with Crippen molar-refractivity contribution in [1.29, 1.82) is 0 Å². The van der Waals surface area contributed by atoms with E-state index in [0.717, 1.165) is 25.9 Å². The molecule has 2 fully saturated rings. The van der Waals surface area contributed by atoms with E-state index in [4.69, 9.17) is 5.73 Å². The quantitative estimate of drug-likeness (QED) is 0.885. The van der Waals surface area contributed by atoms with Gasteiger partial charge in [0.25, 0.3) is 0 Å². The largest absolute Gasteiger partial charge is 0.366 e. The number of benzene rings is 1. The summed E-state index contributed by atoms with van der Waals surface area (Å²) in [6, 6.07) is 6.21. The highest BCUT2D eigenvalue weighted by Gasteiger charge is 2.40. The summed E-state index contributed by atoms with van der Waals surface area (Å²) in [5.41, 5.74) is 5.46. The van der Waals surface area contributed by atoms with Crippen molar-refractivity contribution in [3.63, 3.8) is 0 Å². The summed E-state index contributed by atoms with van der Waals surface area (Å²) in [7, 11) is -3.61. The van der Waals surface area contributed by atoms with Crippen LogP contribution in [-0.4, -0.2) is 55.2 Å². The number of carbonyl (C=O) groups is 1. The van der Waals surface area contributed by atoms with Gasteiger partial charge in [-0.05, 0) is 44.5 Å². The SMILES string of the molecule is C[C@H]1CN2CCC[C@H]2CN1S(=O)(=O)c1cccc(C(N)=O)c1. The molecule has 0 aliphatic carbocycles. The van der Waals surface area contributed by atoms with Crippen molar-refractivity contribution in [2.45, 2.75) is 36.7 Å². The summed E-state index contributed by atoms with van der Waals surface area (Å²) in [6.07, 6.45) is 2.17. The number of primary amides is 1. The Morgan fingerprint density at radius 2 is 2.09 bits per heavy atom. The van der Waals surface area contributed by atoms with E-state index in [9.17, 15) is 13.2 Å². The second-order valence-corrected chi connectivity index (χ2v) is 8.00. The number of nitrogens with two attached hydrogens (primary N) is 1. The van der Waals surface area contributed by atoms with E-state index in [0.29, 0.717) is 12.6 Å². The summed E-state index contributed by atoms with van der Waals surface area (Å²) in [6.45, 7) is 4.27. The molecule has 0 spiro atoms. The van der Waals surface area contributed by atoms with Crippen molar-refractivity contribution in [3.05, 3.63) is 29.8 Å². The lowest BCUT2D eigenvalue weighted by molar-refractivity contribution is 0.1000. The van der Waals surface area contributed by atoms with Crippen molar-refractivity contribution in [1.82, 2.24) is 9.21 Å². The number of hydrogen-bond donors (Lipinski definition) is 1. The number of fused-ring (bicyclic) bond motifs is 1. The second kappa shape index (κ2) is 5.64. The lowest BCUT2D eigenvalue weighted by Gasteiger charge is -2.41. The fraction of sp³-hybridized carbons (Fsp3) is 0.533. The standard InChI is InChI=1S/C15H21N3O3S/c1-11-9-17-7-3-5-13(17)10-18(11)22(20,21)14-6-2-4-12(8-14)15(16)19/h2,4,6,8,11,13H,3,5,7,9-10H2,1H3,(H2,16,19)/t11-,13-/m0/s1. The number of nitrogens with zero attached hydrogens (tertiary/aromatic N) is 2. The van der Waals surface area contributed by atoms with Crippen LogP contribution in [0.5, 0.6) is 0 Å². The van der Waals surface area contributed by atoms with Gasteiger partial charge in [0.05, 0.1) is 4.90 Å². The Morgan fingerprint density at radius 1 is 1.32 bits per heavy atom. The molecule has 0 unspecified atom stereocenters. The van der Waals surface area contributed by atoms with Crippen LogP contribution in [0.2, 0.25) is 0 Å². The topological polar surface area (TPSA) is 83.7 Å². The Bertz CT molecular complexity index is 689. The lowest BCUT2D eigenvalue weighted by Crippen LogP contribution is -2.56. The maximum Gasteiger partial charge on any atom is 0.248 e. The van der Waals surface area contributed by atoms with Crippen molar-refractivity contribution >= 4 is 15.9 Å². The van der Waals surface area contributed by atoms with E-state index in [1.165, 1.54) is 18.2 Å². The van der Waals surface area contributed by atoms with Crippen LogP contribution in [0.4, 0.5) is 0 Å². The molecule has 3 rings (SSSR count). The minimum Gasteiger partial charge on any atom is -0.366 e. The van der Waals surface area contributed by atoms with Gasteiger partial charge in [-0.15, -0.1) is 0 Å². The molecule has 1 aromatic rings. The number of piperazine rings is 1. The van der Waals surface area contributed by atoms with E-state index in [1.807, 2.05) is 6.92 Å². The summed E-state index contributed by atoms with van der Waals surface area (Å²) in [4.78, 5) is 13.8. The van der Waals surface area contributed by atoms with Crippen LogP contribution in [-0.2, 0) is 10.0 Å². The summed E-state index contributed by atoms with van der Waals surface area (Å²) in [5, 5.41) is 0. The van der Waals surface area contributed by atoms with Crippen LogP contribution < -0.4 is 5.73 Å². The molecule has 2 atom stereocenters. The van der Waals surface area contributed by atoms with Crippen LogP contribution in [0.15, 0.2) is 29.2 Å². The first-order valence-electron chi connectivity index (χ1n) is 7.55. The van der Waals surface area contributed by atoms with Gasteiger partial charge in [-0.3, -0.25) is 9.69 Å². The van der Waals surface area contributed by atoms with E-state index < -0.39 is 15.9 Å². The molecular formula is C15H21N3O3S. The van der Waals surface area contributed by atoms with Gasteiger partial charge in [-0.1, -0.05) is 6.07 Å². The second-order valence-electron chi connectivity index (χ2n) is 6.11. The van der Waals surface area contributed by atoms with Crippen LogP contribution in [0, 0.1) is 0 Å². The highest BCUT2D eigenvalue weighted by molar-refractivity contribution is 7.89. The maximum atomic E-state index is 12.9. The average Bonchev–Trinajstić information content (AvgIpc) is 2.93. The summed E-state index contributed by atoms with van der Waals surface area (Å²) >= 11 is 0. The molecule has 0 radical (unpaired) electrons. The number of sulfonamides is 1. The van der Waals surface area contributed by atoms with Gasteiger partial charge < -0.3 is 5.73 Å². The van der Waals surface area contributed by atoms with Crippen LogP contribution in [0.25, 0.3) is 0 Å². The zero-order valence-corrected chi connectivity index (χ0v) is 13.4. The zero-order chi connectivity index (χ0) is 15.9. The first-order chi connectivity index (χ1) is 10.4. The summed E-state index contributed by atoms with van der Waals surface area (Å²) < 4.78 is 27.4. The molecule has 1 amide bonds. The molecule has 2 aliphatic rings. The van der Waals surface area contributed by atoms with Crippen LogP contribution in [0.1, 0.15) is 30.1 Å². The molecule has 2 heterocycles. The first-order valence-corrected chi connectivity index (χ1v) is 8.99. The molecule has 2 N–H and O–H groups in total. The third-order valence-corrected chi connectivity index (χ3v) is 6.58. The highest BCUT2D eigenvalue weighted by Crippen LogP contribution is 2.29. The van der Waals surface area contributed by atoms with Gasteiger partial charge >= 0.3 is 0 Å². The van der Waals surface area contributed by atoms with Crippen molar-refractivity contribution in [3.8, 4) is 0 Å². The zero-order valence-electron chi connectivity index (χ0n) is 12.6. The predicted molar refractivity (Wildman–Crippen MR) is 82.9 cm³/mol. The van der Waals surface area contributed by atoms with Gasteiger partial charge in [0, 0.05) is 30.7 Å². The Hall–Kier alpha value is -1.44. The van der Waals surface area contributed by atoms with E-state index >= 15 is 0 Å². The molecule has 1 aromatic carbocycles. The van der Waals surface area contributed by atoms with Crippen LogP contribution >= 0.6 is 0 Å². The maximum absolute atomic E-state index is 12.9. The number of carbonyl (C=O) groups excluding carboxylic acids is 1. The number of rotatable bonds is 3. The molecule has 6 nitrogen and oxygen atoms in total. The number of hydrogen-bond acceptors (Lipinski definition) is 4. The Labute approximate surface area is 130 Å². The molecule has 22 heavy (non-hydrogen) atoms. The van der Waals surface area contributed by atoms with Gasteiger partial charge in [0.2, 0.25) is 15.9 Å². The Kier molecular flexibility index (Phi) is 3.96. The minimum atomic E-state index is -3.61. The molecule has 0 saturated carbocycles. The van der Waals surface area contributed by atoms with Gasteiger partial charge in [0.1, 0.15) is 0 Å². The smallest absolute Gasteiger partial charge is 0.248 e. The first kappa shape index (κ1) is 15.5. The average molecular weight is 323 g/mol. The molecular weight excluding hydrogens is 302 g/mol. The number of amides is 1. The lowest BCUT2D eigenvalue weighted by atomic mass is 10.1. The van der Waals surface area contributed by atoms with E-state index in [2.05, 4.69) is 4.90 Å². The monoisotopic (exact) mass is 323 g/mol. The third-order valence-electron chi connectivity index (χ3n) is 4.61. The Morgan fingerprint density at radius 3 is 2.82 bits per heavy atom. The van der Waals surface area contributed by atoms with E-state index in [-0.39, 0.29) is 16.5 Å². The molecule has 2 saturated heterocycles. The molecule has 120 valence electrons. The normalized spacial score (nSPS) is 26.8. The van der Waals surface area contributed by atoms with Gasteiger partial charge in [-0.25, -0.2) is 8.42 Å². The molecule has 2 aliphatic heterocycles. The third kappa shape index (κ3) is 2.64. The molecule has 0 bridgehead atoms. The fourth-order valence-electron chi connectivity index (χ4n) is 3.44. The fourth-order valence-corrected chi connectivity index (χ4v) is 5.15. The minimum absolute atomic E-state index is 0.0726. The highest BCUT2D eigenvalue weighted by atomic mass is 32.2. The summed E-state index contributed by atoms with van der Waals surface area (Å²) in [5.74, 6) is -0.620. The van der Waals surface area contributed by atoms with E-state index in [1.54, 1.807) is 10.4 Å². The Balaban J connectivity index is 1.92. The van der Waals surface area contributed by atoms with Crippen molar-refractivity contribution in [2.75, 3.05) is 19.6 Å².